The van der Waals surface area contributed by atoms with Gasteiger partial charge in [0.2, 0.25) is 0 Å². The maximum Gasteiger partial charge on any atom is 0.144 e. The molecule has 8 nitrogen and oxygen atoms in total. The van der Waals surface area contributed by atoms with E-state index in [0.29, 0.717) is 5.56 Å². The predicted molar refractivity (Wildman–Crippen MR) is 104 cm³/mol. The number of aromatic amines is 1. The normalized spacial score (nSPS) is 12.3. The Morgan fingerprint density at radius 2 is 2.14 bits per heavy atom. The van der Waals surface area contributed by atoms with Gasteiger partial charge in [-0.15, -0.1) is 0 Å². The van der Waals surface area contributed by atoms with Crippen molar-refractivity contribution in [2.24, 2.45) is 0 Å². The van der Waals surface area contributed by atoms with Crippen LogP contribution in [0.4, 0.5) is 0 Å². The third-order valence-corrected chi connectivity index (χ3v) is 5.10. The number of nitrogens with one attached hydrogen (secondary N) is 1. The van der Waals surface area contributed by atoms with Crippen LogP contribution in [0.2, 0.25) is 0 Å². The molecule has 1 N–H and O–H groups in total. The van der Waals surface area contributed by atoms with E-state index in [0.717, 1.165) is 27.9 Å². The van der Waals surface area contributed by atoms with E-state index in [9.17, 15) is 13.7 Å². The molecule has 0 fully saturated rings. The number of rotatable bonds is 6. The molecular weight excluding hydrogens is 376 g/mol. The van der Waals surface area contributed by atoms with Gasteiger partial charge >= 0.3 is 0 Å². The third-order valence-electron chi connectivity index (χ3n) is 4.48. The molecule has 0 aliphatic heterocycles. The lowest BCUT2D eigenvalue weighted by atomic mass is 10.0. The Kier molecular flexibility index (Phi) is 4.87. The first-order valence-electron chi connectivity index (χ1n) is 8.56. The van der Waals surface area contributed by atoms with Gasteiger partial charge in [0.1, 0.15) is 22.7 Å². The summed E-state index contributed by atoms with van der Waals surface area (Å²) in [6.45, 7) is 0. The number of H-pyrrole nitrogens is 1. The number of aromatic nitrogens is 5. The molecule has 1 unspecified atom stereocenters. The fourth-order valence-electron chi connectivity index (χ4n) is 3.23. The number of fused-ring (bicyclic) bond motifs is 1. The molecule has 0 bridgehead atoms. The van der Waals surface area contributed by atoms with Crippen molar-refractivity contribution in [2.45, 2.75) is 18.2 Å². The predicted octanol–water partition coefficient (Wildman–Crippen LogP) is 2.44. The van der Waals surface area contributed by atoms with E-state index < -0.39 is 10.7 Å². The first-order chi connectivity index (χ1) is 13.7. The highest BCUT2D eigenvalue weighted by Gasteiger charge is 2.17. The maximum absolute atomic E-state index is 11.0. The van der Waals surface area contributed by atoms with Gasteiger partial charge in [0.05, 0.1) is 36.2 Å². The van der Waals surface area contributed by atoms with Gasteiger partial charge in [-0.05, 0) is 17.2 Å². The van der Waals surface area contributed by atoms with Gasteiger partial charge in [-0.3, -0.25) is 4.68 Å². The Morgan fingerprint density at radius 1 is 1.25 bits per heavy atom. The van der Waals surface area contributed by atoms with E-state index >= 15 is 0 Å². The number of nitrogens with zero attached hydrogens (tertiary/aromatic N) is 5. The lowest BCUT2D eigenvalue weighted by Crippen LogP contribution is -2.11. The fraction of sp³-hybridized carbons (Fsp3) is 0.158. The van der Waals surface area contributed by atoms with E-state index in [1.54, 1.807) is 29.2 Å². The molecule has 0 aliphatic rings. The summed E-state index contributed by atoms with van der Waals surface area (Å²) in [5.41, 5.74) is 3.83. The van der Waals surface area contributed by atoms with Crippen LogP contribution in [0.25, 0.3) is 22.3 Å². The second-order valence-corrected chi connectivity index (χ2v) is 7.27. The van der Waals surface area contributed by atoms with Gasteiger partial charge in [-0.1, -0.05) is 24.3 Å². The molecule has 28 heavy (non-hydrogen) atoms. The highest BCUT2D eigenvalue weighted by Crippen LogP contribution is 2.28. The molecule has 0 saturated heterocycles. The van der Waals surface area contributed by atoms with Crippen LogP contribution in [0.3, 0.4) is 0 Å². The zero-order chi connectivity index (χ0) is 19.5. The SMILES string of the molecule is N#CCC(c1cccc(C[SH](=O)=O)c1)n1cc(-c2ncnc3[nH]ccc23)cn1. The second-order valence-electron chi connectivity index (χ2n) is 6.29. The summed E-state index contributed by atoms with van der Waals surface area (Å²) >= 11 is 0. The molecule has 4 aromatic rings. The smallest absolute Gasteiger partial charge is 0.144 e. The molecule has 140 valence electrons. The molecule has 3 heterocycles. The molecule has 0 aliphatic carbocycles. The van der Waals surface area contributed by atoms with Crippen LogP contribution in [0.15, 0.2) is 55.2 Å². The van der Waals surface area contributed by atoms with Crippen molar-refractivity contribution in [2.75, 3.05) is 0 Å². The zero-order valence-electron chi connectivity index (χ0n) is 14.7. The minimum absolute atomic E-state index is 0.0286. The highest BCUT2D eigenvalue weighted by molar-refractivity contribution is 7.71. The van der Waals surface area contributed by atoms with E-state index in [2.05, 4.69) is 26.1 Å². The standard InChI is InChI=1S/C19H16N6O2S/c20-6-4-17(14-3-1-2-13(8-14)11-28(26)27)25-10-15(9-24-25)18-16-5-7-21-19(16)23-12-22-18/h1-3,5,7-10,12,17,28H,4,11H2,(H,21,22,23). The molecular formula is C19H16N6O2S. The first-order valence-corrected chi connectivity index (χ1v) is 9.92. The molecule has 9 heteroatoms. The van der Waals surface area contributed by atoms with Crippen molar-refractivity contribution < 1.29 is 8.42 Å². The second kappa shape index (κ2) is 7.62. The number of thiol groups is 1. The fourth-order valence-corrected chi connectivity index (χ4v) is 3.73. The highest BCUT2D eigenvalue weighted by atomic mass is 32.2. The third kappa shape index (κ3) is 3.50. The average Bonchev–Trinajstić information content (AvgIpc) is 3.35. The number of benzene rings is 1. The summed E-state index contributed by atoms with van der Waals surface area (Å²) in [4.78, 5) is 11.6. The van der Waals surface area contributed by atoms with Crippen LogP contribution >= 0.6 is 0 Å². The summed E-state index contributed by atoms with van der Waals surface area (Å²) in [5, 5.41) is 14.6. The van der Waals surface area contributed by atoms with Gasteiger partial charge in [0.15, 0.2) is 0 Å². The Morgan fingerprint density at radius 3 is 2.96 bits per heavy atom. The van der Waals surface area contributed by atoms with E-state index in [4.69, 9.17) is 0 Å². The minimum Gasteiger partial charge on any atom is -0.346 e. The van der Waals surface area contributed by atoms with E-state index in [1.807, 2.05) is 24.4 Å². The Bertz CT molecular complexity index is 1240. The van der Waals surface area contributed by atoms with Gasteiger partial charge in [-0.25, -0.2) is 18.4 Å². The van der Waals surface area contributed by atoms with Gasteiger partial charge in [0, 0.05) is 23.3 Å². The van der Waals surface area contributed by atoms with Crippen LogP contribution in [-0.2, 0) is 16.5 Å². The summed E-state index contributed by atoms with van der Waals surface area (Å²) in [6, 6.07) is 11.0. The summed E-state index contributed by atoms with van der Waals surface area (Å²) < 4.78 is 23.8. The van der Waals surface area contributed by atoms with Gasteiger partial charge < -0.3 is 4.98 Å². The lowest BCUT2D eigenvalue weighted by Gasteiger charge is -2.15. The largest absolute Gasteiger partial charge is 0.346 e. The topological polar surface area (TPSA) is 117 Å². The van der Waals surface area contributed by atoms with Crippen molar-refractivity contribution in [1.82, 2.24) is 24.7 Å². The Labute approximate surface area is 162 Å². The van der Waals surface area contributed by atoms with Crippen LogP contribution in [0, 0.1) is 11.3 Å². The molecule has 3 aromatic heterocycles. The van der Waals surface area contributed by atoms with E-state index in [1.165, 1.54) is 6.33 Å². The monoisotopic (exact) mass is 392 g/mol. The van der Waals surface area contributed by atoms with Crippen LogP contribution < -0.4 is 0 Å². The number of hydrogen-bond donors (Lipinski definition) is 2. The van der Waals surface area contributed by atoms with Crippen molar-refractivity contribution >= 4 is 21.7 Å². The lowest BCUT2D eigenvalue weighted by molar-refractivity contribution is 0.532. The first kappa shape index (κ1) is 17.9. The Balaban J connectivity index is 1.72. The maximum atomic E-state index is 11.0. The van der Waals surface area contributed by atoms with E-state index in [-0.39, 0.29) is 18.2 Å². The average molecular weight is 392 g/mol. The van der Waals surface area contributed by atoms with Crippen molar-refractivity contribution in [1.29, 1.82) is 5.26 Å². The number of hydrogen-bond acceptors (Lipinski definition) is 6. The molecule has 0 spiro atoms. The summed E-state index contributed by atoms with van der Waals surface area (Å²) in [6.07, 6.45) is 7.05. The quantitative estimate of drug-likeness (QED) is 0.487. The Hall–Kier alpha value is -3.51. The minimum atomic E-state index is -2.51. The summed E-state index contributed by atoms with van der Waals surface area (Å²) in [5.74, 6) is -0.0286. The zero-order valence-corrected chi connectivity index (χ0v) is 15.6. The van der Waals surface area contributed by atoms with Crippen LogP contribution in [0.5, 0.6) is 0 Å². The van der Waals surface area contributed by atoms with Gasteiger partial charge in [0.25, 0.3) is 0 Å². The van der Waals surface area contributed by atoms with Crippen molar-refractivity contribution in [3.63, 3.8) is 0 Å². The van der Waals surface area contributed by atoms with Gasteiger partial charge in [-0.2, -0.15) is 10.4 Å². The van der Waals surface area contributed by atoms with Crippen molar-refractivity contribution in [3.05, 3.63) is 66.4 Å². The molecule has 1 aromatic carbocycles. The molecule has 0 amide bonds. The van der Waals surface area contributed by atoms with Crippen LogP contribution in [-0.4, -0.2) is 33.2 Å². The molecule has 1 atom stereocenters. The number of nitriles is 1. The van der Waals surface area contributed by atoms with Crippen molar-refractivity contribution in [3.8, 4) is 17.3 Å². The molecule has 0 saturated carbocycles. The summed E-state index contributed by atoms with van der Waals surface area (Å²) in [7, 11) is -2.51. The molecule has 0 radical (unpaired) electrons. The van der Waals surface area contributed by atoms with Crippen LogP contribution in [0.1, 0.15) is 23.6 Å². The molecule has 4 rings (SSSR count).